The Hall–Kier alpha value is -1.79. The number of rotatable bonds is 6. The van der Waals surface area contributed by atoms with Gasteiger partial charge in [0.05, 0.1) is 12.3 Å². The molecule has 1 saturated heterocycles. The van der Waals surface area contributed by atoms with Gasteiger partial charge in [-0.25, -0.2) is 0 Å². The maximum atomic E-state index is 12.4. The lowest BCUT2D eigenvalue weighted by Gasteiger charge is -2.31. The van der Waals surface area contributed by atoms with E-state index in [0.29, 0.717) is 29.5 Å². The van der Waals surface area contributed by atoms with Gasteiger partial charge in [0, 0.05) is 25.6 Å². The van der Waals surface area contributed by atoms with Crippen LogP contribution in [0, 0.1) is 11.8 Å². The second-order valence-corrected chi connectivity index (χ2v) is 6.04. The summed E-state index contributed by atoms with van der Waals surface area (Å²) in [7, 11) is 3.40. The Morgan fingerprint density at radius 3 is 2.54 bits per heavy atom. The van der Waals surface area contributed by atoms with Gasteiger partial charge in [-0.2, -0.15) is 0 Å². The van der Waals surface area contributed by atoms with Crippen molar-refractivity contribution in [3.05, 3.63) is 23.8 Å². The normalized spacial score (nSPS) is 14.8. The van der Waals surface area contributed by atoms with Crippen LogP contribution in [0.2, 0.25) is 0 Å². The standard InChI is InChI=1S/C17H25N3O3.ClH/c1-5-23-15-8-12(17(22)20(3)4)6-7-14(15)19-16(21)11(2)13-9-18-10-13;/h6-8,11,13,18H,5,9-10H2,1-4H3,(H,19,21);1H. The minimum atomic E-state index is -0.0993. The smallest absolute Gasteiger partial charge is 0.253 e. The molecule has 2 amide bonds. The molecule has 1 atom stereocenters. The van der Waals surface area contributed by atoms with E-state index in [1.807, 2.05) is 13.8 Å². The lowest BCUT2D eigenvalue weighted by molar-refractivity contribution is -0.121. The molecular weight excluding hydrogens is 330 g/mol. The van der Waals surface area contributed by atoms with Crippen molar-refractivity contribution in [1.29, 1.82) is 0 Å². The fraction of sp³-hybridized carbons (Fsp3) is 0.529. The van der Waals surface area contributed by atoms with E-state index in [9.17, 15) is 9.59 Å². The van der Waals surface area contributed by atoms with Gasteiger partial charge < -0.3 is 20.3 Å². The van der Waals surface area contributed by atoms with E-state index in [4.69, 9.17) is 4.74 Å². The van der Waals surface area contributed by atoms with Gasteiger partial charge in [0.25, 0.3) is 5.91 Å². The van der Waals surface area contributed by atoms with Crippen molar-refractivity contribution in [2.24, 2.45) is 11.8 Å². The third-order valence-corrected chi connectivity index (χ3v) is 4.13. The van der Waals surface area contributed by atoms with Gasteiger partial charge in [-0.05, 0) is 44.1 Å². The SMILES string of the molecule is CCOc1cc(C(=O)N(C)C)ccc1NC(=O)C(C)C1CNC1.Cl. The molecule has 0 aliphatic carbocycles. The minimum Gasteiger partial charge on any atom is -0.492 e. The number of hydrogen-bond acceptors (Lipinski definition) is 4. The summed E-state index contributed by atoms with van der Waals surface area (Å²) in [6.45, 7) is 6.02. The fourth-order valence-corrected chi connectivity index (χ4v) is 2.42. The zero-order valence-corrected chi connectivity index (χ0v) is 15.4. The summed E-state index contributed by atoms with van der Waals surface area (Å²) >= 11 is 0. The summed E-state index contributed by atoms with van der Waals surface area (Å²) in [6.07, 6.45) is 0. The van der Waals surface area contributed by atoms with Crippen LogP contribution in [0.4, 0.5) is 5.69 Å². The van der Waals surface area contributed by atoms with E-state index in [2.05, 4.69) is 10.6 Å². The number of halogens is 1. The third-order valence-electron chi connectivity index (χ3n) is 4.13. The summed E-state index contributed by atoms with van der Waals surface area (Å²) < 4.78 is 5.59. The van der Waals surface area contributed by atoms with Gasteiger partial charge in [0.15, 0.2) is 0 Å². The van der Waals surface area contributed by atoms with E-state index < -0.39 is 0 Å². The van der Waals surface area contributed by atoms with Crippen molar-refractivity contribution in [1.82, 2.24) is 10.2 Å². The van der Waals surface area contributed by atoms with E-state index in [-0.39, 0.29) is 30.1 Å². The van der Waals surface area contributed by atoms with Crippen LogP contribution in [0.15, 0.2) is 18.2 Å². The number of nitrogens with zero attached hydrogens (tertiary/aromatic N) is 1. The first-order valence-electron chi connectivity index (χ1n) is 7.94. The number of nitrogens with one attached hydrogen (secondary N) is 2. The monoisotopic (exact) mass is 355 g/mol. The highest BCUT2D eigenvalue weighted by Gasteiger charge is 2.29. The Bertz CT molecular complexity index is 588. The molecule has 134 valence electrons. The molecule has 0 aromatic heterocycles. The Morgan fingerprint density at radius 1 is 1.38 bits per heavy atom. The molecule has 1 heterocycles. The molecule has 1 aliphatic rings. The van der Waals surface area contributed by atoms with Gasteiger partial charge in [-0.1, -0.05) is 6.92 Å². The number of carbonyl (C=O) groups excluding carboxylic acids is 2. The lowest BCUT2D eigenvalue weighted by atomic mass is 9.88. The van der Waals surface area contributed by atoms with Crippen LogP contribution in [-0.4, -0.2) is 50.5 Å². The predicted octanol–water partition coefficient (Wildman–Crippen LogP) is 2.00. The summed E-state index contributed by atoms with van der Waals surface area (Å²) in [4.78, 5) is 25.9. The van der Waals surface area contributed by atoms with Crippen LogP contribution in [0.5, 0.6) is 5.75 Å². The maximum absolute atomic E-state index is 12.4. The van der Waals surface area contributed by atoms with Crippen molar-refractivity contribution in [3.8, 4) is 5.75 Å². The molecule has 1 fully saturated rings. The second-order valence-electron chi connectivity index (χ2n) is 6.04. The Labute approximate surface area is 149 Å². The van der Waals surface area contributed by atoms with Crippen LogP contribution >= 0.6 is 12.4 Å². The van der Waals surface area contributed by atoms with Crippen LogP contribution < -0.4 is 15.4 Å². The molecule has 2 rings (SSSR count). The lowest BCUT2D eigenvalue weighted by Crippen LogP contribution is -2.48. The van der Waals surface area contributed by atoms with Crippen molar-refractivity contribution in [2.45, 2.75) is 13.8 Å². The Kier molecular flexibility index (Phi) is 7.51. The molecule has 1 aliphatic heterocycles. The highest BCUT2D eigenvalue weighted by Crippen LogP contribution is 2.28. The highest BCUT2D eigenvalue weighted by molar-refractivity contribution is 5.97. The molecule has 0 saturated carbocycles. The summed E-state index contributed by atoms with van der Waals surface area (Å²) in [5.41, 5.74) is 1.14. The van der Waals surface area contributed by atoms with Crippen molar-refractivity contribution in [2.75, 3.05) is 39.1 Å². The molecular formula is C17H26ClN3O3. The molecule has 0 radical (unpaired) electrons. The zero-order chi connectivity index (χ0) is 17.0. The van der Waals surface area contributed by atoms with Gasteiger partial charge in [0.1, 0.15) is 5.75 Å². The first kappa shape index (κ1) is 20.3. The van der Waals surface area contributed by atoms with Crippen LogP contribution in [-0.2, 0) is 4.79 Å². The summed E-state index contributed by atoms with van der Waals surface area (Å²) in [6, 6.07) is 5.11. The largest absolute Gasteiger partial charge is 0.492 e. The molecule has 1 unspecified atom stereocenters. The summed E-state index contributed by atoms with van der Waals surface area (Å²) in [5, 5.41) is 6.10. The number of ether oxygens (including phenoxy) is 1. The minimum absolute atomic E-state index is 0. The van der Waals surface area contributed by atoms with Crippen LogP contribution in [0.3, 0.4) is 0 Å². The van der Waals surface area contributed by atoms with Gasteiger partial charge in [-0.3, -0.25) is 9.59 Å². The molecule has 1 aromatic carbocycles. The Balaban J connectivity index is 0.00000288. The van der Waals surface area contributed by atoms with Gasteiger partial charge >= 0.3 is 0 Å². The number of anilines is 1. The predicted molar refractivity (Wildman–Crippen MR) is 97.0 cm³/mol. The third kappa shape index (κ3) is 4.61. The van der Waals surface area contributed by atoms with Crippen molar-refractivity contribution >= 4 is 29.9 Å². The van der Waals surface area contributed by atoms with E-state index in [0.717, 1.165) is 13.1 Å². The van der Waals surface area contributed by atoms with Crippen molar-refractivity contribution in [3.63, 3.8) is 0 Å². The van der Waals surface area contributed by atoms with Crippen LogP contribution in [0.1, 0.15) is 24.2 Å². The molecule has 7 heteroatoms. The van der Waals surface area contributed by atoms with E-state index in [1.54, 1.807) is 32.3 Å². The van der Waals surface area contributed by atoms with E-state index in [1.165, 1.54) is 4.90 Å². The second kappa shape index (κ2) is 8.89. The molecule has 0 spiro atoms. The molecule has 6 nitrogen and oxygen atoms in total. The van der Waals surface area contributed by atoms with Gasteiger partial charge in [-0.15, -0.1) is 12.4 Å². The average molecular weight is 356 g/mol. The highest BCUT2D eigenvalue weighted by atomic mass is 35.5. The quantitative estimate of drug-likeness (QED) is 0.818. The maximum Gasteiger partial charge on any atom is 0.253 e. The molecule has 0 bridgehead atoms. The topological polar surface area (TPSA) is 70.7 Å². The molecule has 1 aromatic rings. The average Bonchev–Trinajstić information content (AvgIpc) is 2.46. The molecule has 2 N–H and O–H groups in total. The fourth-order valence-electron chi connectivity index (χ4n) is 2.42. The van der Waals surface area contributed by atoms with Crippen molar-refractivity contribution < 1.29 is 14.3 Å². The molecule has 24 heavy (non-hydrogen) atoms. The number of benzene rings is 1. The first-order chi connectivity index (χ1) is 10.9. The number of carbonyl (C=O) groups is 2. The number of hydrogen-bond donors (Lipinski definition) is 2. The Morgan fingerprint density at radius 2 is 2.04 bits per heavy atom. The first-order valence-corrected chi connectivity index (χ1v) is 7.94. The number of amides is 2. The summed E-state index contributed by atoms with van der Waals surface area (Å²) in [5.74, 6) is 0.711. The zero-order valence-electron chi connectivity index (χ0n) is 14.6. The van der Waals surface area contributed by atoms with E-state index >= 15 is 0 Å². The van der Waals surface area contributed by atoms with Crippen LogP contribution in [0.25, 0.3) is 0 Å². The van der Waals surface area contributed by atoms with Gasteiger partial charge in [0.2, 0.25) is 5.91 Å².